The smallest absolute Gasteiger partial charge is 0.339 e. The highest BCUT2D eigenvalue weighted by Crippen LogP contribution is 2.56. The van der Waals surface area contributed by atoms with E-state index < -0.39 is 5.97 Å². The standard InChI is InChI=1S/C16H21N3O2/c1-9-13(14(20)21)8-17-15(18-9)19-16-5-10-2-11(6-16)4-12(3-10)7-16/h8,10-12H,2-7H2,1H3,(H,20,21)(H,17,18,19). The van der Waals surface area contributed by atoms with Crippen LogP contribution in [0, 0.1) is 24.7 Å². The lowest BCUT2D eigenvalue weighted by molar-refractivity contribution is 0.0103. The predicted octanol–water partition coefficient (Wildman–Crippen LogP) is 2.86. The minimum atomic E-state index is -0.964. The van der Waals surface area contributed by atoms with Crippen molar-refractivity contribution in [3.05, 3.63) is 17.5 Å². The van der Waals surface area contributed by atoms with Crippen molar-refractivity contribution in [1.29, 1.82) is 0 Å². The zero-order chi connectivity index (χ0) is 14.6. The van der Waals surface area contributed by atoms with Crippen LogP contribution in [0.3, 0.4) is 0 Å². The van der Waals surface area contributed by atoms with Crippen molar-refractivity contribution in [2.24, 2.45) is 17.8 Å². The molecule has 0 amide bonds. The van der Waals surface area contributed by atoms with E-state index in [0.717, 1.165) is 17.8 Å². The Morgan fingerprint density at radius 2 is 1.81 bits per heavy atom. The van der Waals surface area contributed by atoms with Gasteiger partial charge in [-0.3, -0.25) is 0 Å². The van der Waals surface area contributed by atoms with E-state index in [1.165, 1.54) is 44.7 Å². The lowest BCUT2D eigenvalue weighted by Gasteiger charge is -2.56. The molecule has 4 bridgehead atoms. The SMILES string of the molecule is Cc1nc(NC23CC4CC(CC(C4)C2)C3)ncc1C(=O)O. The normalized spacial score (nSPS) is 36.7. The van der Waals surface area contributed by atoms with Gasteiger partial charge in [0.2, 0.25) is 5.95 Å². The maximum Gasteiger partial charge on any atom is 0.339 e. The van der Waals surface area contributed by atoms with Crippen LogP contribution in [0.5, 0.6) is 0 Å². The van der Waals surface area contributed by atoms with Crippen LogP contribution in [-0.4, -0.2) is 26.6 Å². The summed E-state index contributed by atoms with van der Waals surface area (Å²) in [5.41, 5.74) is 0.877. The first-order valence-corrected chi connectivity index (χ1v) is 7.88. The van der Waals surface area contributed by atoms with Crippen LogP contribution in [0.25, 0.3) is 0 Å². The van der Waals surface area contributed by atoms with E-state index in [9.17, 15) is 4.79 Å². The molecule has 4 saturated carbocycles. The average molecular weight is 287 g/mol. The molecule has 5 rings (SSSR count). The Kier molecular flexibility index (Phi) is 2.75. The second-order valence-corrected chi connectivity index (χ2v) is 7.32. The fraction of sp³-hybridized carbons (Fsp3) is 0.688. The number of aromatic nitrogens is 2. The number of carbonyl (C=O) groups is 1. The van der Waals surface area contributed by atoms with Crippen molar-refractivity contribution in [3.8, 4) is 0 Å². The first-order chi connectivity index (χ1) is 10.0. The van der Waals surface area contributed by atoms with Crippen LogP contribution in [-0.2, 0) is 0 Å². The minimum absolute atomic E-state index is 0.159. The largest absolute Gasteiger partial charge is 0.478 e. The third-order valence-corrected chi connectivity index (χ3v) is 5.62. The molecular formula is C16H21N3O2. The van der Waals surface area contributed by atoms with Gasteiger partial charge in [0, 0.05) is 11.7 Å². The van der Waals surface area contributed by atoms with E-state index in [2.05, 4.69) is 15.3 Å². The molecule has 4 fully saturated rings. The summed E-state index contributed by atoms with van der Waals surface area (Å²) >= 11 is 0. The molecule has 0 spiro atoms. The molecule has 0 radical (unpaired) electrons. The summed E-state index contributed by atoms with van der Waals surface area (Å²) in [4.78, 5) is 19.6. The number of nitrogens with one attached hydrogen (secondary N) is 1. The maximum absolute atomic E-state index is 11.0. The Morgan fingerprint density at radius 3 is 2.29 bits per heavy atom. The number of aromatic carboxylic acids is 1. The first kappa shape index (κ1) is 13.0. The summed E-state index contributed by atoms with van der Waals surface area (Å²) in [7, 11) is 0. The van der Waals surface area contributed by atoms with E-state index in [1.807, 2.05) is 0 Å². The quantitative estimate of drug-likeness (QED) is 0.894. The lowest BCUT2D eigenvalue weighted by atomic mass is 9.53. The molecule has 5 nitrogen and oxygen atoms in total. The van der Waals surface area contributed by atoms with Crippen LogP contribution < -0.4 is 5.32 Å². The molecule has 4 aliphatic rings. The molecule has 4 aliphatic carbocycles. The summed E-state index contributed by atoms with van der Waals surface area (Å²) in [5, 5.41) is 12.6. The van der Waals surface area contributed by atoms with Crippen LogP contribution >= 0.6 is 0 Å². The highest BCUT2D eigenvalue weighted by atomic mass is 16.4. The predicted molar refractivity (Wildman–Crippen MR) is 78.3 cm³/mol. The van der Waals surface area contributed by atoms with Crippen molar-refractivity contribution in [2.45, 2.75) is 51.0 Å². The monoisotopic (exact) mass is 287 g/mol. The van der Waals surface area contributed by atoms with Gasteiger partial charge >= 0.3 is 5.97 Å². The topological polar surface area (TPSA) is 75.1 Å². The molecule has 0 unspecified atom stereocenters. The zero-order valence-electron chi connectivity index (χ0n) is 12.3. The Balaban J connectivity index is 1.58. The van der Waals surface area contributed by atoms with Gasteiger partial charge < -0.3 is 10.4 Å². The van der Waals surface area contributed by atoms with Gasteiger partial charge in [-0.2, -0.15) is 0 Å². The highest BCUT2D eigenvalue weighted by molar-refractivity contribution is 5.88. The van der Waals surface area contributed by atoms with Crippen LogP contribution in [0.4, 0.5) is 5.95 Å². The summed E-state index contributed by atoms with van der Waals surface area (Å²) in [6.07, 6.45) is 9.30. The van der Waals surface area contributed by atoms with Gasteiger partial charge in [0.15, 0.2) is 0 Å². The van der Waals surface area contributed by atoms with Gasteiger partial charge in [0.25, 0.3) is 0 Å². The number of rotatable bonds is 3. The fourth-order valence-electron chi connectivity index (χ4n) is 5.24. The molecule has 0 aliphatic heterocycles. The zero-order valence-corrected chi connectivity index (χ0v) is 12.3. The molecule has 0 saturated heterocycles. The maximum atomic E-state index is 11.0. The summed E-state index contributed by atoms with van der Waals surface area (Å²) in [6, 6.07) is 0. The molecule has 5 heteroatoms. The number of nitrogens with zero attached hydrogens (tertiary/aromatic N) is 2. The Labute approximate surface area is 124 Å². The van der Waals surface area contributed by atoms with Gasteiger partial charge in [0.1, 0.15) is 0 Å². The Hall–Kier alpha value is -1.65. The van der Waals surface area contributed by atoms with Crippen LogP contribution in [0.15, 0.2) is 6.20 Å². The Morgan fingerprint density at radius 1 is 1.24 bits per heavy atom. The minimum Gasteiger partial charge on any atom is -0.478 e. The highest BCUT2D eigenvalue weighted by Gasteiger charge is 2.51. The molecule has 1 heterocycles. The molecule has 21 heavy (non-hydrogen) atoms. The summed E-state index contributed by atoms with van der Waals surface area (Å²) in [5.74, 6) is 2.22. The van der Waals surface area contributed by atoms with E-state index in [-0.39, 0.29) is 11.1 Å². The second kappa shape index (κ2) is 4.42. The Bertz CT molecular complexity index is 564. The molecule has 1 aromatic heterocycles. The summed E-state index contributed by atoms with van der Waals surface area (Å²) < 4.78 is 0. The average Bonchev–Trinajstić information content (AvgIpc) is 2.35. The molecular weight excluding hydrogens is 266 g/mol. The van der Waals surface area contributed by atoms with Crippen molar-refractivity contribution >= 4 is 11.9 Å². The van der Waals surface area contributed by atoms with Crippen molar-refractivity contribution in [3.63, 3.8) is 0 Å². The van der Waals surface area contributed by atoms with Gasteiger partial charge in [-0.1, -0.05) is 0 Å². The number of aryl methyl sites for hydroxylation is 1. The lowest BCUT2D eigenvalue weighted by Crippen LogP contribution is -2.55. The molecule has 112 valence electrons. The first-order valence-electron chi connectivity index (χ1n) is 7.88. The summed E-state index contributed by atoms with van der Waals surface area (Å²) in [6.45, 7) is 1.73. The van der Waals surface area contributed by atoms with E-state index in [1.54, 1.807) is 6.92 Å². The van der Waals surface area contributed by atoms with E-state index in [4.69, 9.17) is 5.11 Å². The number of carboxylic acid groups (broad SMARTS) is 1. The van der Waals surface area contributed by atoms with E-state index in [0.29, 0.717) is 11.6 Å². The van der Waals surface area contributed by atoms with Crippen molar-refractivity contribution in [2.75, 3.05) is 5.32 Å². The van der Waals surface area contributed by atoms with Gasteiger partial charge in [-0.25, -0.2) is 14.8 Å². The fourth-order valence-corrected chi connectivity index (χ4v) is 5.24. The van der Waals surface area contributed by atoms with Crippen molar-refractivity contribution < 1.29 is 9.90 Å². The van der Waals surface area contributed by atoms with Crippen LogP contribution in [0.1, 0.15) is 54.6 Å². The van der Waals surface area contributed by atoms with Crippen LogP contribution in [0.2, 0.25) is 0 Å². The number of anilines is 1. The number of hydrogen-bond donors (Lipinski definition) is 2. The second-order valence-electron chi connectivity index (χ2n) is 7.32. The van der Waals surface area contributed by atoms with Gasteiger partial charge in [-0.15, -0.1) is 0 Å². The molecule has 0 aromatic carbocycles. The van der Waals surface area contributed by atoms with E-state index >= 15 is 0 Å². The van der Waals surface area contributed by atoms with Gasteiger partial charge in [0.05, 0.1) is 11.3 Å². The number of carboxylic acids is 1. The van der Waals surface area contributed by atoms with Crippen molar-refractivity contribution in [1.82, 2.24) is 9.97 Å². The number of hydrogen-bond acceptors (Lipinski definition) is 4. The van der Waals surface area contributed by atoms with Gasteiger partial charge in [-0.05, 0) is 63.2 Å². The molecule has 0 atom stereocenters. The third-order valence-electron chi connectivity index (χ3n) is 5.62. The molecule has 2 N–H and O–H groups in total. The third kappa shape index (κ3) is 2.19. The molecule has 1 aromatic rings.